The fraction of sp³-hybridized carbons (Fsp3) is 0.471. The van der Waals surface area contributed by atoms with Crippen molar-refractivity contribution in [2.45, 2.75) is 44.3 Å². The second-order valence-electron chi connectivity index (χ2n) is 6.80. The lowest BCUT2D eigenvalue weighted by atomic mass is 10.0. The van der Waals surface area contributed by atoms with Crippen LogP contribution in [0.15, 0.2) is 18.2 Å². The van der Waals surface area contributed by atoms with Gasteiger partial charge in [-0.2, -0.15) is 18.4 Å². The second kappa shape index (κ2) is 7.55. The monoisotopic (exact) mass is 448 g/mol. The number of benzene rings is 1. The average molecular weight is 448 g/mol. The molecule has 1 aromatic rings. The summed E-state index contributed by atoms with van der Waals surface area (Å²) < 4.78 is 67.1. The molecule has 158 valence electrons. The predicted octanol–water partition coefficient (Wildman–Crippen LogP) is 2.57. The van der Waals surface area contributed by atoms with Gasteiger partial charge >= 0.3 is 6.18 Å². The highest BCUT2D eigenvalue weighted by atomic mass is 32.2. The summed E-state index contributed by atoms with van der Waals surface area (Å²) in [5.41, 5.74) is -3.43. The van der Waals surface area contributed by atoms with Crippen LogP contribution in [0.4, 0.5) is 18.9 Å². The van der Waals surface area contributed by atoms with Gasteiger partial charge in [-0.15, -0.1) is 0 Å². The van der Waals surface area contributed by atoms with E-state index in [0.717, 1.165) is 11.0 Å². The molecule has 7 nitrogen and oxygen atoms in total. The van der Waals surface area contributed by atoms with Gasteiger partial charge in [-0.3, -0.25) is 9.69 Å². The third-order valence-corrected chi connectivity index (χ3v) is 6.90. The highest BCUT2D eigenvalue weighted by Crippen LogP contribution is 2.39. The molecule has 0 bridgehead atoms. The summed E-state index contributed by atoms with van der Waals surface area (Å²) in [5, 5.41) is 7.51. The number of nitriles is 1. The standard InChI is InChI=1S/C17H19F3N4O3S2/c1-5-13(29(26,27)22-4)24-15(28)23(14(25)16(24,2)3)11-7-6-10(9-21)12(8-11)17(18,19)20/h6-8,13,22H,5H2,1-4H3. The number of sulfonamides is 1. The molecule has 1 saturated heterocycles. The molecule has 0 radical (unpaired) electrons. The Labute approximate surface area is 172 Å². The first-order valence-electron chi connectivity index (χ1n) is 8.45. The Morgan fingerprint density at radius 2 is 1.93 bits per heavy atom. The number of carbonyl (C=O) groups excluding carboxylic acids is 1. The fourth-order valence-corrected chi connectivity index (χ4v) is 5.16. The van der Waals surface area contributed by atoms with Crippen LogP contribution in [0.5, 0.6) is 0 Å². The molecule has 0 aromatic heterocycles. The van der Waals surface area contributed by atoms with Crippen LogP contribution in [0.3, 0.4) is 0 Å². The summed E-state index contributed by atoms with van der Waals surface area (Å²) >= 11 is 5.32. The quantitative estimate of drug-likeness (QED) is 0.696. The van der Waals surface area contributed by atoms with Crippen molar-refractivity contribution in [1.82, 2.24) is 9.62 Å². The summed E-state index contributed by atoms with van der Waals surface area (Å²) in [4.78, 5) is 15.1. The summed E-state index contributed by atoms with van der Waals surface area (Å²) in [6.45, 7) is 4.49. The number of hydrogen-bond acceptors (Lipinski definition) is 5. The van der Waals surface area contributed by atoms with Crippen LogP contribution in [-0.2, 0) is 21.0 Å². The number of thiocarbonyl (C=S) groups is 1. The molecular weight excluding hydrogens is 429 g/mol. The van der Waals surface area contributed by atoms with Crippen molar-refractivity contribution < 1.29 is 26.4 Å². The number of rotatable bonds is 5. The molecule has 0 spiro atoms. The summed E-state index contributed by atoms with van der Waals surface area (Å²) in [6.07, 6.45) is -4.74. The second-order valence-corrected chi connectivity index (χ2v) is 9.21. The maximum atomic E-state index is 13.3. The molecule has 1 aliphatic rings. The van der Waals surface area contributed by atoms with Gasteiger partial charge in [0, 0.05) is 0 Å². The van der Waals surface area contributed by atoms with Crippen molar-refractivity contribution in [2.24, 2.45) is 0 Å². The number of alkyl halides is 3. The lowest BCUT2D eigenvalue weighted by Gasteiger charge is -2.35. The minimum atomic E-state index is -4.82. The maximum absolute atomic E-state index is 13.3. The van der Waals surface area contributed by atoms with Crippen LogP contribution < -0.4 is 9.62 Å². The molecule has 29 heavy (non-hydrogen) atoms. The van der Waals surface area contributed by atoms with Crippen molar-refractivity contribution in [3.05, 3.63) is 29.3 Å². The topological polar surface area (TPSA) is 93.5 Å². The van der Waals surface area contributed by atoms with Gasteiger partial charge in [0.25, 0.3) is 5.91 Å². The van der Waals surface area contributed by atoms with Gasteiger partial charge in [0.1, 0.15) is 10.9 Å². The Balaban J connectivity index is 2.64. The van der Waals surface area contributed by atoms with Crippen LogP contribution in [0.25, 0.3) is 0 Å². The normalized spacial score (nSPS) is 18.1. The number of hydrogen-bond donors (Lipinski definition) is 1. The molecule has 1 atom stereocenters. The minimum absolute atomic E-state index is 0.0784. The molecule has 1 N–H and O–H groups in total. The molecular formula is C17H19F3N4O3S2. The van der Waals surface area contributed by atoms with E-state index in [0.29, 0.717) is 6.07 Å². The largest absolute Gasteiger partial charge is 0.417 e. The van der Waals surface area contributed by atoms with Crippen molar-refractivity contribution in [2.75, 3.05) is 11.9 Å². The third-order valence-electron chi connectivity index (χ3n) is 4.69. The number of carbonyl (C=O) groups is 1. The predicted molar refractivity (Wildman–Crippen MR) is 104 cm³/mol. The molecule has 2 rings (SSSR count). The van der Waals surface area contributed by atoms with E-state index in [1.54, 1.807) is 6.92 Å². The average Bonchev–Trinajstić information content (AvgIpc) is 2.80. The van der Waals surface area contributed by atoms with Crippen LogP contribution in [0.2, 0.25) is 0 Å². The Bertz CT molecular complexity index is 1000. The maximum Gasteiger partial charge on any atom is 0.417 e. The third kappa shape index (κ3) is 3.82. The van der Waals surface area contributed by atoms with E-state index in [2.05, 4.69) is 4.72 Å². The Morgan fingerprint density at radius 3 is 2.38 bits per heavy atom. The van der Waals surface area contributed by atoms with Gasteiger partial charge in [-0.25, -0.2) is 13.1 Å². The molecule has 1 aliphatic heterocycles. The lowest BCUT2D eigenvalue weighted by molar-refractivity contribution is -0.137. The molecule has 1 unspecified atom stereocenters. The lowest BCUT2D eigenvalue weighted by Crippen LogP contribution is -2.54. The number of amides is 1. The van der Waals surface area contributed by atoms with Crippen LogP contribution in [0.1, 0.15) is 38.3 Å². The van der Waals surface area contributed by atoms with E-state index in [4.69, 9.17) is 17.5 Å². The number of halogens is 3. The smallest absolute Gasteiger partial charge is 0.316 e. The van der Waals surface area contributed by atoms with E-state index in [-0.39, 0.29) is 17.2 Å². The highest BCUT2D eigenvalue weighted by Gasteiger charge is 2.54. The molecule has 1 fully saturated rings. The van der Waals surface area contributed by atoms with E-state index in [1.165, 1.54) is 37.9 Å². The number of nitrogens with one attached hydrogen (secondary N) is 1. The first kappa shape index (κ1) is 23.1. The van der Waals surface area contributed by atoms with E-state index in [1.807, 2.05) is 0 Å². The molecule has 1 aromatic carbocycles. The van der Waals surface area contributed by atoms with Gasteiger partial charge in [-0.1, -0.05) is 6.92 Å². The summed E-state index contributed by atoms with van der Waals surface area (Å²) in [6, 6.07) is 4.25. The summed E-state index contributed by atoms with van der Waals surface area (Å²) in [5.74, 6) is -0.676. The molecule has 1 heterocycles. The van der Waals surface area contributed by atoms with E-state index in [9.17, 15) is 26.4 Å². The highest BCUT2D eigenvalue weighted by molar-refractivity contribution is 7.90. The van der Waals surface area contributed by atoms with Gasteiger partial charge in [0.2, 0.25) is 10.0 Å². The Morgan fingerprint density at radius 1 is 1.34 bits per heavy atom. The van der Waals surface area contributed by atoms with Gasteiger partial charge < -0.3 is 4.90 Å². The van der Waals surface area contributed by atoms with Crippen LogP contribution in [-0.4, -0.2) is 42.3 Å². The fourth-order valence-electron chi connectivity index (χ4n) is 3.20. The van der Waals surface area contributed by atoms with E-state index < -0.39 is 44.1 Å². The van der Waals surface area contributed by atoms with Crippen molar-refractivity contribution in [3.63, 3.8) is 0 Å². The molecule has 0 saturated carbocycles. The Kier molecular flexibility index (Phi) is 6.00. The van der Waals surface area contributed by atoms with Crippen LogP contribution in [0, 0.1) is 11.3 Å². The zero-order chi connectivity index (χ0) is 22.4. The summed E-state index contributed by atoms with van der Waals surface area (Å²) in [7, 11) is -2.66. The van der Waals surface area contributed by atoms with Crippen molar-refractivity contribution in [3.8, 4) is 6.07 Å². The zero-order valence-electron chi connectivity index (χ0n) is 16.0. The number of anilines is 1. The van der Waals surface area contributed by atoms with Crippen molar-refractivity contribution >= 4 is 38.9 Å². The van der Waals surface area contributed by atoms with E-state index >= 15 is 0 Å². The Hall–Kier alpha value is -2.23. The minimum Gasteiger partial charge on any atom is -0.316 e. The van der Waals surface area contributed by atoms with Gasteiger partial charge in [0.15, 0.2) is 5.11 Å². The van der Waals surface area contributed by atoms with Gasteiger partial charge in [0.05, 0.1) is 22.9 Å². The molecule has 1 amide bonds. The number of nitrogens with zero attached hydrogens (tertiary/aromatic N) is 3. The SMILES string of the molecule is CCC(N1C(=S)N(c2ccc(C#N)c(C(F)(F)F)c2)C(=O)C1(C)C)S(=O)(=O)NC. The van der Waals surface area contributed by atoms with Crippen molar-refractivity contribution in [1.29, 1.82) is 5.26 Å². The molecule has 0 aliphatic carbocycles. The first-order chi connectivity index (χ1) is 13.2. The zero-order valence-corrected chi connectivity index (χ0v) is 17.7. The first-order valence-corrected chi connectivity index (χ1v) is 10.4. The van der Waals surface area contributed by atoms with Gasteiger partial charge in [-0.05, 0) is 57.7 Å². The van der Waals surface area contributed by atoms with Crippen LogP contribution >= 0.6 is 12.2 Å². The molecule has 12 heteroatoms.